The van der Waals surface area contributed by atoms with E-state index in [1.807, 2.05) is 12.1 Å². The Morgan fingerprint density at radius 2 is 1.89 bits per heavy atom. The molecule has 0 bridgehead atoms. The Labute approximate surface area is 111 Å². The van der Waals surface area contributed by atoms with Gasteiger partial charge < -0.3 is 5.32 Å². The first-order valence-electron chi connectivity index (χ1n) is 6.79. The van der Waals surface area contributed by atoms with Gasteiger partial charge in [-0.05, 0) is 42.9 Å². The van der Waals surface area contributed by atoms with Crippen molar-refractivity contribution in [3.8, 4) is 0 Å². The number of hydrogen-bond donors (Lipinski definition) is 1. The monoisotopic (exact) mass is 246 g/mol. The third kappa shape index (κ3) is 4.17. The second-order valence-corrected chi connectivity index (χ2v) is 4.87. The van der Waals surface area contributed by atoms with Crippen LogP contribution in [-0.2, 0) is 4.79 Å². The number of anilines is 1. The SMILES string of the molecule is [CH2]C(CC)C(CCC)c1ccc(NC(C)=O)cc1. The molecule has 0 fully saturated rings. The van der Waals surface area contributed by atoms with Crippen molar-refractivity contribution in [2.45, 2.75) is 46.0 Å². The number of benzene rings is 1. The van der Waals surface area contributed by atoms with E-state index in [4.69, 9.17) is 0 Å². The standard InChI is InChI=1S/C16H24NO/c1-5-7-16(12(3)6-2)14-8-10-15(11-9-14)17-13(4)18/h8-12,16H,3,5-7H2,1-2,4H3,(H,17,18). The molecule has 2 unspecified atom stereocenters. The zero-order valence-corrected chi connectivity index (χ0v) is 11.7. The van der Waals surface area contributed by atoms with Crippen molar-refractivity contribution in [3.63, 3.8) is 0 Å². The quantitative estimate of drug-likeness (QED) is 0.792. The van der Waals surface area contributed by atoms with Crippen LogP contribution in [0.25, 0.3) is 0 Å². The van der Waals surface area contributed by atoms with Crippen molar-refractivity contribution < 1.29 is 4.79 Å². The predicted molar refractivity (Wildman–Crippen MR) is 77.5 cm³/mol. The van der Waals surface area contributed by atoms with Crippen LogP contribution in [0.1, 0.15) is 51.5 Å². The third-order valence-electron chi connectivity index (χ3n) is 3.35. The molecule has 1 rings (SSSR count). The molecule has 0 saturated carbocycles. The average molecular weight is 246 g/mol. The van der Waals surface area contributed by atoms with E-state index in [2.05, 4.69) is 38.2 Å². The maximum atomic E-state index is 11.0. The van der Waals surface area contributed by atoms with Gasteiger partial charge in [0.1, 0.15) is 0 Å². The molecular formula is C16H24NO. The molecule has 1 aromatic rings. The van der Waals surface area contributed by atoms with Gasteiger partial charge in [0.15, 0.2) is 0 Å². The van der Waals surface area contributed by atoms with Gasteiger partial charge in [-0.15, -0.1) is 0 Å². The van der Waals surface area contributed by atoms with Gasteiger partial charge in [-0.3, -0.25) is 4.79 Å². The molecular weight excluding hydrogens is 222 g/mol. The fourth-order valence-electron chi connectivity index (χ4n) is 2.29. The molecule has 0 aliphatic heterocycles. The maximum Gasteiger partial charge on any atom is 0.221 e. The van der Waals surface area contributed by atoms with E-state index in [9.17, 15) is 4.79 Å². The lowest BCUT2D eigenvalue weighted by Gasteiger charge is -2.23. The summed E-state index contributed by atoms with van der Waals surface area (Å²) in [6, 6.07) is 8.17. The number of carbonyl (C=O) groups excluding carboxylic acids is 1. The van der Waals surface area contributed by atoms with Gasteiger partial charge in [0.25, 0.3) is 0 Å². The van der Waals surface area contributed by atoms with Crippen molar-refractivity contribution >= 4 is 11.6 Å². The summed E-state index contributed by atoms with van der Waals surface area (Å²) in [6.45, 7) is 10.2. The lowest BCUT2D eigenvalue weighted by atomic mass is 9.82. The summed E-state index contributed by atoms with van der Waals surface area (Å²) in [5.74, 6) is 0.944. The summed E-state index contributed by atoms with van der Waals surface area (Å²) in [5, 5.41) is 2.79. The molecule has 2 nitrogen and oxygen atoms in total. The van der Waals surface area contributed by atoms with Crippen molar-refractivity contribution in [1.82, 2.24) is 0 Å². The van der Waals surface area contributed by atoms with Crippen LogP contribution in [0.2, 0.25) is 0 Å². The average Bonchev–Trinajstić information content (AvgIpc) is 2.35. The van der Waals surface area contributed by atoms with Crippen LogP contribution in [0, 0.1) is 12.8 Å². The molecule has 99 valence electrons. The van der Waals surface area contributed by atoms with Crippen LogP contribution in [0.5, 0.6) is 0 Å². The summed E-state index contributed by atoms with van der Waals surface area (Å²) in [7, 11) is 0. The molecule has 1 radical (unpaired) electrons. The van der Waals surface area contributed by atoms with E-state index >= 15 is 0 Å². The molecule has 1 aromatic carbocycles. The van der Waals surface area contributed by atoms with E-state index in [1.165, 1.54) is 25.3 Å². The number of nitrogens with one attached hydrogen (secondary N) is 1. The first-order valence-corrected chi connectivity index (χ1v) is 6.79. The first-order chi connectivity index (χ1) is 8.58. The fourth-order valence-corrected chi connectivity index (χ4v) is 2.29. The highest BCUT2D eigenvalue weighted by Crippen LogP contribution is 2.31. The lowest BCUT2D eigenvalue weighted by Crippen LogP contribution is -2.10. The third-order valence-corrected chi connectivity index (χ3v) is 3.35. The highest BCUT2D eigenvalue weighted by atomic mass is 16.1. The van der Waals surface area contributed by atoms with Gasteiger partial charge in [0.2, 0.25) is 5.91 Å². The Morgan fingerprint density at radius 3 is 2.33 bits per heavy atom. The summed E-state index contributed by atoms with van der Waals surface area (Å²) >= 11 is 0. The smallest absolute Gasteiger partial charge is 0.221 e. The number of carbonyl (C=O) groups is 1. The van der Waals surface area contributed by atoms with Gasteiger partial charge in [-0.1, -0.05) is 38.8 Å². The van der Waals surface area contributed by atoms with Crippen LogP contribution in [-0.4, -0.2) is 5.91 Å². The molecule has 2 atom stereocenters. The van der Waals surface area contributed by atoms with Crippen LogP contribution >= 0.6 is 0 Å². The second-order valence-electron chi connectivity index (χ2n) is 4.87. The Balaban J connectivity index is 2.82. The van der Waals surface area contributed by atoms with Crippen LogP contribution in [0.3, 0.4) is 0 Å². The topological polar surface area (TPSA) is 29.1 Å². The molecule has 2 heteroatoms. The summed E-state index contributed by atoms with van der Waals surface area (Å²) in [6.07, 6.45) is 3.43. The van der Waals surface area contributed by atoms with Crippen LogP contribution < -0.4 is 5.32 Å². The molecule has 0 spiro atoms. The maximum absolute atomic E-state index is 11.0. The van der Waals surface area contributed by atoms with E-state index in [-0.39, 0.29) is 5.91 Å². The van der Waals surface area contributed by atoms with Crippen molar-refractivity contribution in [3.05, 3.63) is 36.8 Å². The summed E-state index contributed by atoms with van der Waals surface area (Å²) < 4.78 is 0. The first kappa shape index (κ1) is 14.7. The minimum absolute atomic E-state index is 0.0311. The van der Waals surface area contributed by atoms with Crippen LogP contribution in [0.15, 0.2) is 24.3 Å². The lowest BCUT2D eigenvalue weighted by molar-refractivity contribution is -0.114. The summed E-state index contributed by atoms with van der Waals surface area (Å²) in [5.41, 5.74) is 2.19. The Kier molecular flexibility index (Phi) is 5.90. The van der Waals surface area contributed by atoms with Gasteiger partial charge in [0, 0.05) is 12.6 Å². The van der Waals surface area contributed by atoms with Gasteiger partial charge in [-0.2, -0.15) is 0 Å². The Hall–Kier alpha value is -1.31. The molecule has 0 aliphatic rings. The van der Waals surface area contributed by atoms with Gasteiger partial charge in [-0.25, -0.2) is 0 Å². The predicted octanol–water partition coefficient (Wildman–Crippen LogP) is 4.39. The fraction of sp³-hybridized carbons (Fsp3) is 0.500. The zero-order chi connectivity index (χ0) is 13.5. The number of amides is 1. The Bertz CT molecular complexity index is 369. The molecule has 18 heavy (non-hydrogen) atoms. The van der Waals surface area contributed by atoms with Crippen LogP contribution in [0.4, 0.5) is 5.69 Å². The minimum Gasteiger partial charge on any atom is -0.326 e. The van der Waals surface area contributed by atoms with Crippen molar-refractivity contribution in [1.29, 1.82) is 0 Å². The summed E-state index contributed by atoms with van der Waals surface area (Å²) in [4.78, 5) is 11.0. The zero-order valence-electron chi connectivity index (χ0n) is 11.7. The molecule has 1 amide bonds. The molecule has 0 aliphatic carbocycles. The molecule has 0 saturated heterocycles. The highest BCUT2D eigenvalue weighted by molar-refractivity contribution is 5.88. The van der Waals surface area contributed by atoms with E-state index in [0.29, 0.717) is 11.8 Å². The second kappa shape index (κ2) is 7.20. The number of rotatable bonds is 6. The Morgan fingerprint density at radius 1 is 1.28 bits per heavy atom. The molecule has 1 N–H and O–H groups in total. The van der Waals surface area contributed by atoms with Gasteiger partial charge >= 0.3 is 0 Å². The van der Waals surface area contributed by atoms with E-state index in [1.54, 1.807) is 0 Å². The largest absolute Gasteiger partial charge is 0.326 e. The van der Waals surface area contributed by atoms with E-state index in [0.717, 1.165) is 12.1 Å². The minimum atomic E-state index is -0.0311. The van der Waals surface area contributed by atoms with Crippen molar-refractivity contribution in [2.75, 3.05) is 5.32 Å². The number of hydrogen-bond acceptors (Lipinski definition) is 1. The molecule has 0 aromatic heterocycles. The molecule has 0 heterocycles. The van der Waals surface area contributed by atoms with E-state index < -0.39 is 0 Å². The van der Waals surface area contributed by atoms with Crippen molar-refractivity contribution in [2.24, 2.45) is 5.92 Å². The normalized spacial score (nSPS) is 14.0. The van der Waals surface area contributed by atoms with Gasteiger partial charge in [0.05, 0.1) is 0 Å². The highest BCUT2D eigenvalue weighted by Gasteiger charge is 2.17.